The van der Waals surface area contributed by atoms with Crippen LogP contribution in [0.2, 0.25) is 0 Å². The predicted octanol–water partition coefficient (Wildman–Crippen LogP) is 5.11. The first-order valence-corrected chi connectivity index (χ1v) is 7.28. The Morgan fingerprint density at radius 3 is 2.39 bits per heavy atom. The fraction of sp³-hybridized carbons (Fsp3) is 0.588. The number of Topliss-reactive ketones (excluding diaryl/α,β-unsaturated/α-hetero) is 1. The number of ketones is 1. The van der Waals surface area contributed by atoms with Gasteiger partial charge in [0.1, 0.15) is 0 Å². The Labute approximate surface area is 112 Å². The summed E-state index contributed by atoms with van der Waals surface area (Å²) < 4.78 is 0. The highest BCUT2D eigenvalue weighted by Crippen LogP contribution is 2.23. The van der Waals surface area contributed by atoms with E-state index >= 15 is 0 Å². The maximum Gasteiger partial charge on any atom is 0.165 e. The van der Waals surface area contributed by atoms with Gasteiger partial charge >= 0.3 is 0 Å². The van der Waals surface area contributed by atoms with Crippen molar-refractivity contribution in [2.75, 3.05) is 0 Å². The van der Waals surface area contributed by atoms with Gasteiger partial charge in [-0.05, 0) is 12.3 Å². The topological polar surface area (TPSA) is 17.1 Å². The largest absolute Gasteiger partial charge is 0.294 e. The summed E-state index contributed by atoms with van der Waals surface area (Å²) in [5, 5.41) is 0. The van der Waals surface area contributed by atoms with Gasteiger partial charge in [-0.15, -0.1) is 0 Å². The number of rotatable bonds is 8. The Hall–Kier alpha value is -1.11. The molecule has 0 bridgehead atoms. The first kappa shape index (κ1) is 14.9. The van der Waals surface area contributed by atoms with Gasteiger partial charge in [-0.1, -0.05) is 76.8 Å². The highest BCUT2D eigenvalue weighted by Gasteiger charge is 2.18. The Kier molecular flexibility index (Phi) is 6.70. The maximum atomic E-state index is 12.3. The van der Waals surface area contributed by atoms with Crippen LogP contribution in [0.3, 0.4) is 0 Å². The molecule has 0 heterocycles. The molecule has 0 radical (unpaired) electrons. The van der Waals surface area contributed by atoms with Crippen LogP contribution in [0.25, 0.3) is 0 Å². The molecule has 0 saturated carbocycles. The summed E-state index contributed by atoms with van der Waals surface area (Å²) >= 11 is 0. The van der Waals surface area contributed by atoms with Crippen molar-refractivity contribution in [1.29, 1.82) is 0 Å². The number of carbonyl (C=O) groups excluding carboxylic acids is 1. The molecule has 18 heavy (non-hydrogen) atoms. The Balaban J connectivity index is 2.53. The molecule has 0 aliphatic carbocycles. The maximum absolute atomic E-state index is 12.3. The molecule has 0 N–H and O–H groups in total. The number of hydrogen-bond acceptors (Lipinski definition) is 1. The van der Waals surface area contributed by atoms with Crippen molar-refractivity contribution in [3.05, 3.63) is 35.9 Å². The smallest absolute Gasteiger partial charge is 0.165 e. The molecule has 0 spiro atoms. The van der Waals surface area contributed by atoms with Crippen molar-refractivity contribution >= 4 is 5.78 Å². The second-order valence-electron chi connectivity index (χ2n) is 5.28. The fourth-order valence-electron chi connectivity index (χ4n) is 2.48. The average Bonchev–Trinajstić information content (AvgIpc) is 2.43. The molecular formula is C17H26O. The molecule has 0 aromatic heterocycles. The molecule has 1 nitrogen and oxygen atoms in total. The quantitative estimate of drug-likeness (QED) is 0.582. The lowest BCUT2D eigenvalue weighted by Gasteiger charge is -2.18. The minimum absolute atomic E-state index is 0.147. The van der Waals surface area contributed by atoms with E-state index < -0.39 is 0 Å². The predicted molar refractivity (Wildman–Crippen MR) is 77.9 cm³/mol. The van der Waals surface area contributed by atoms with Gasteiger partial charge < -0.3 is 0 Å². The summed E-state index contributed by atoms with van der Waals surface area (Å²) in [6.07, 6.45) is 6.01. The van der Waals surface area contributed by atoms with Gasteiger partial charge in [0.2, 0.25) is 0 Å². The van der Waals surface area contributed by atoms with Gasteiger partial charge in [-0.2, -0.15) is 0 Å². The van der Waals surface area contributed by atoms with Crippen LogP contribution in [-0.4, -0.2) is 5.78 Å². The van der Waals surface area contributed by atoms with Gasteiger partial charge in [0.05, 0.1) is 0 Å². The van der Waals surface area contributed by atoms with E-state index in [-0.39, 0.29) is 5.92 Å². The number of benzene rings is 1. The molecule has 0 saturated heterocycles. The van der Waals surface area contributed by atoms with Crippen LogP contribution >= 0.6 is 0 Å². The molecule has 100 valence electrons. The standard InChI is InChI=1S/C17H26O/c1-4-6-10-15(5-2)13-14(3)17(18)16-11-8-7-9-12-16/h7-9,11-12,14-15H,4-6,10,13H2,1-3H3. The van der Waals surface area contributed by atoms with E-state index in [4.69, 9.17) is 0 Å². The first-order valence-electron chi connectivity index (χ1n) is 7.28. The zero-order valence-electron chi connectivity index (χ0n) is 12.0. The van der Waals surface area contributed by atoms with Crippen LogP contribution < -0.4 is 0 Å². The molecule has 0 fully saturated rings. The third-order valence-corrected chi connectivity index (χ3v) is 3.74. The van der Waals surface area contributed by atoms with Gasteiger partial charge in [0.25, 0.3) is 0 Å². The summed E-state index contributed by atoms with van der Waals surface area (Å²) in [7, 11) is 0. The van der Waals surface area contributed by atoms with Crippen molar-refractivity contribution in [2.24, 2.45) is 11.8 Å². The lowest BCUT2D eigenvalue weighted by atomic mass is 9.86. The van der Waals surface area contributed by atoms with E-state index in [0.717, 1.165) is 12.0 Å². The minimum Gasteiger partial charge on any atom is -0.294 e. The molecule has 0 amide bonds. The average molecular weight is 246 g/mol. The van der Waals surface area contributed by atoms with E-state index in [1.165, 1.54) is 25.7 Å². The summed E-state index contributed by atoms with van der Waals surface area (Å²) in [6, 6.07) is 9.68. The first-order chi connectivity index (χ1) is 8.69. The summed E-state index contributed by atoms with van der Waals surface area (Å²) in [6.45, 7) is 6.54. The lowest BCUT2D eigenvalue weighted by molar-refractivity contribution is 0.0909. The number of hydrogen-bond donors (Lipinski definition) is 0. The van der Waals surface area contributed by atoms with E-state index in [2.05, 4.69) is 20.8 Å². The highest BCUT2D eigenvalue weighted by atomic mass is 16.1. The van der Waals surface area contributed by atoms with Crippen LogP contribution in [-0.2, 0) is 0 Å². The monoisotopic (exact) mass is 246 g/mol. The van der Waals surface area contributed by atoms with Crippen LogP contribution in [0.5, 0.6) is 0 Å². The minimum atomic E-state index is 0.147. The van der Waals surface area contributed by atoms with Crippen LogP contribution in [0.15, 0.2) is 30.3 Å². The van der Waals surface area contributed by atoms with Crippen molar-refractivity contribution in [3.8, 4) is 0 Å². The molecule has 1 heteroatoms. The fourth-order valence-corrected chi connectivity index (χ4v) is 2.48. The zero-order valence-corrected chi connectivity index (χ0v) is 12.0. The van der Waals surface area contributed by atoms with E-state index in [9.17, 15) is 4.79 Å². The third kappa shape index (κ3) is 4.64. The third-order valence-electron chi connectivity index (χ3n) is 3.74. The van der Waals surface area contributed by atoms with Crippen molar-refractivity contribution < 1.29 is 4.79 Å². The lowest BCUT2D eigenvalue weighted by Crippen LogP contribution is -2.15. The Morgan fingerprint density at radius 2 is 1.83 bits per heavy atom. The van der Waals surface area contributed by atoms with Crippen molar-refractivity contribution in [3.63, 3.8) is 0 Å². The summed E-state index contributed by atoms with van der Waals surface area (Å²) in [5.74, 6) is 1.15. The normalized spacial score (nSPS) is 14.2. The number of carbonyl (C=O) groups is 1. The second-order valence-corrected chi connectivity index (χ2v) is 5.28. The second kappa shape index (κ2) is 8.07. The van der Waals surface area contributed by atoms with Crippen molar-refractivity contribution in [2.45, 2.75) is 52.9 Å². The van der Waals surface area contributed by atoms with Gasteiger partial charge in [0, 0.05) is 11.5 Å². The highest BCUT2D eigenvalue weighted by molar-refractivity contribution is 5.97. The van der Waals surface area contributed by atoms with Crippen molar-refractivity contribution in [1.82, 2.24) is 0 Å². The van der Waals surface area contributed by atoms with E-state index in [1.54, 1.807) is 0 Å². The molecule has 1 aromatic rings. The molecular weight excluding hydrogens is 220 g/mol. The van der Waals surface area contributed by atoms with Gasteiger partial charge in [-0.3, -0.25) is 4.79 Å². The van der Waals surface area contributed by atoms with Crippen LogP contribution in [0.4, 0.5) is 0 Å². The Morgan fingerprint density at radius 1 is 1.17 bits per heavy atom. The van der Waals surface area contributed by atoms with E-state index in [0.29, 0.717) is 11.7 Å². The van der Waals surface area contributed by atoms with Gasteiger partial charge in [-0.25, -0.2) is 0 Å². The van der Waals surface area contributed by atoms with E-state index in [1.807, 2.05) is 30.3 Å². The molecule has 2 atom stereocenters. The van der Waals surface area contributed by atoms with Gasteiger partial charge in [0.15, 0.2) is 5.78 Å². The molecule has 0 aliphatic heterocycles. The SMILES string of the molecule is CCCCC(CC)CC(C)C(=O)c1ccccc1. The number of unbranched alkanes of at least 4 members (excludes halogenated alkanes) is 1. The summed E-state index contributed by atoms with van der Waals surface area (Å²) in [4.78, 5) is 12.3. The molecule has 0 aliphatic rings. The molecule has 1 rings (SSSR count). The molecule has 1 aromatic carbocycles. The van der Waals surface area contributed by atoms with Crippen LogP contribution in [0.1, 0.15) is 63.2 Å². The zero-order chi connectivity index (χ0) is 13.4. The van der Waals surface area contributed by atoms with Crippen LogP contribution in [0, 0.1) is 11.8 Å². The Bertz CT molecular complexity index is 342. The molecule has 2 unspecified atom stereocenters. The summed E-state index contributed by atoms with van der Waals surface area (Å²) in [5.41, 5.74) is 0.857.